The van der Waals surface area contributed by atoms with Crippen molar-refractivity contribution < 1.29 is 23.8 Å². The number of para-hydroxylation sites is 1. The number of halogens is 1. The highest BCUT2D eigenvalue weighted by Gasteiger charge is 2.34. The molecular weight excluding hydrogens is 385 g/mol. The number of rotatable bonds is 5. The van der Waals surface area contributed by atoms with Gasteiger partial charge in [0.15, 0.2) is 6.10 Å². The van der Waals surface area contributed by atoms with Crippen LogP contribution in [0.5, 0.6) is 0 Å². The van der Waals surface area contributed by atoms with Gasteiger partial charge in [-0.1, -0.05) is 36.4 Å². The van der Waals surface area contributed by atoms with Crippen LogP contribution in [0.15, 0.2) is 77.1 Å². The summed E-state index contributed by atoms with van der Waals surface area (Å²) in [6.45, 7) is 0. The van der Waals surface area contributed by atoms with Crippen LogP contribution in [0, 0.1) is 11.7 Å². The summed E-state index contributed by atoms with van der Waals surface area (Å²) in [6, 6.07) is 14.5. The van der Waals surface area contributed by atoms with E-state index in [0.29, 0.717) is 25.0 Å². The zero-order valence-electron chi connectivity index (χ0n) is 16.1. The van der Waals surface area contributed by atoms with Gasteiger partial charge >= 0.3 is 5.97 Å². The second kappa shape index (κ2) is 7.54. The second-order valence-corrected chi connectivity index (χ2v) is 7.64. The van der Waals surface area contributed by atoms with E-state index in [-0.39, 0.29) is 11.7 Å². The summed E-state index contributed by atoms with van der Waals surface area (Å²) in [6.07, 6.45) is 4.18. The fourth-order valence-corrected chi connectivity index (χ4v) is 4.21. The highest BCUT2D eigenvalue weighted by atomic mass is 19.1. The van der Waals surface area contributed by atoms with Crippen LogP contribution in [0.25, 0.3) is 5.57 Å². The highest BCUT2D eigenvalue weighted by Crippen LogP contribution is 2.36. The van der Waals surface area contributed by atoms with Gasteiger partial charge in [-0.3, -0.25) is 0 Å². The Morgan fingerprint density at radius 2 is 1.97 bits per heavy atom. The maximum absolute atomic E-state index is 13.3. The van der Waals surface area contributed by atoms with Crippen LogP contribution in [-0.4, -0.2) is 23.5 Å². The van der Waals surface area contributed by atoms with Crippen molar-refractivity contribution in [3.63, 3.8) is 0 Å². The summed E-state index contributed by atoms with van der Waals surface area (Å²) in [5.41, 5.74) is 2.86. The van der Waals surface area contributed by atoms with E-state index in [9.17, 15) is 9.18 Å². The lowest BCUT2D eigenvalue weighted by molar-refractivity contribution is -0.161. The molecule has 0 saturated carbocycles. The number of benzene rings is 2. The van der Waals surface area contributed by atoms with Crippen molar-refractivity contribution in [3.05, 3.63) is 94.1 Å². The van der Waals surface area contributed by atoms with Gasteiger partial charge in [-0.15, -0.1) is 0 Å². The topological polar surface area (TPSA) is 68.1 Å². The van der Waals surface area contributed by atoms with Crippen molar-refractivity contribution in [3.8, 4) is 0 Å². The number of nitrogens with zero attached hydrogens (tertiary/aromatic N) is 1. The molecule has 0 bridgehead atoms. The molecule has 0 amide bonds. The van der Waals surface area contributed by atoms with Gasteiger partial charge in [-0.2, -0.15) is 0 Å². The van der Waals surface area contributed by atoms with Crippen LogP contribution in [0.4, 0.5) is 4.39 Å². The number of carboxylic acid groups (broad SMARTS) is 1. The number of fused-ring (bicyclic) bond motifs is 2. The fraction of sp³-hybridized carbons (Fsp3) is 0.250. The second-order valence-electron chi connectivity index (χ2n) is 7.64. The third-order valence-electron chi connectivity index (χ3n) is 5.65. The molecule has 2 aromatic rings. The molecule has 1 aliphatic carbocycles. The monoisotopic (exact) mass is 405 g/mol. The van der Waals surface area contributed by atoms with E-state index in [1.54, 1.807) is 12.1 Å². The number of aliphatic carboxylic acids is 1. The van der Waals surface area contributed by atoms with Crippen molar-refractivity contribution in [1.82, 2.24) is 0 Å². The number of carbonyl (C=O) groups is 1. The number of carboxylic acids is 1. The lowest BCUT2D eigenvalue weighted by Crippen LogP contribution is -2.25. The first kappa shape index (κ1) is 18.8. The van der Waals surface area contributed by atoms with Gasteiger partial charge in [0, 0.05) is 17.6 Å². The molecule has 6 heteroatoms. The lowest BCUT2D eigenvalue weighted by atomic mass is 9.85. The third kappa shape index (κ3) is 3.44. The van der Waals surface area contributed by atoms with Gasteiger partial charge in [0.25, 0.3) is 0 Å². The standard InChI is InChI=1S/C24H20FNO4/c25-16-8-5-14(6-9-16)13-15-7-10-19(29-21-12-11-20(30-21)24(27)28)23-22(15)17-3-1-2-4-18(17)26-23/h1-10,15,20-21H,11-13H2,(H,27,28). The summed E-state index contributed by atoms with van der Waals surface area (Å²) in [5.74, 6) is -0.559. The first-order valence-corrected chi connectivity index (χ1v) is 9.98. The molecule has 0 radical (unpaired) electrons. The minimum Gasteiger partial charge on any atom is -0.479 e. The van der Waals surface area contributed by atoms with Crippen molar-refractivity contribution in [1.29, 1.82) is 0 Å². The van der Waals surface area contributed by atoms with Crippen molar-refractivity contribution in [2.75, 3.05) is 0 Å². The molecule has 2 aliphatic heterocycles. The minimum absolute atomic E-state index is 0.0708. The first-order chi connectivity index (χ1) is 14.6. The molecule has 3 aliphatic rings. The molecule has 1 N–H and O–H groups in total. The third-order valence-corrected chi connectivity index (χ3v) is 5.65. The Balaban J connectivity index is 1.48. The van der Waals surface area contributed by atoms with E-state index in [0.717, 1.165) is 27.4 Å². The van der Waals surface area contributed by atoms with Gasteiger partial charge in [0.2, 0.25) is 6.29 Å². The largest absolute Gasteiger partial charge is 0.479 e. The number of hydrogen-bond donors (Lipinski definition) is 1. The van der Waals surface area contributed by atoms with Gasteiger partial charge in [-0.25, -0.2) is 14.2 Å². The number of ether oxygens (including phenoxy) is 2. The van der Waals surface area contributed by atoms with Crippen molar-refractivity contribution in [2.24, 2.45) is 10.9 Å². The molecular formula is C24H20FNO4. The smallest absolute Gasteiger partial charge is 0.332 e. The van der Waals surface area contributed by atoms with Crippen LogP contribution >= 0.6 is 0 Å². The lowest BCUT2D eigenvalue weighted by Gasteiger charge is -2.24. The molecule has 5 rings (SSSR count). The maximum Gasteiger partial charge on any atom is 0.332 e. The van der Waals surface area contributed by atoms with Gasteiger partial charge < -0.3 is 14.6 Å². The summed E-state index contributed by atoms with van der Waals surface area (Å²) in [5, 5.41) is 11.1. The van der Waals surface area contributed by atoms with E-state index < -0.39 is 18.4 Å². The molecule has 0 aromatic heterocycles. The quantitative estimate of drug-likeness (QED) is 0.831. The van der Waals surface area contributed by atoms with Crippen molar-refractivity contribution in [2.45, 2.75) is 31.7 Å². The SMILES string of the molecule is O=C(O)C1CCC(OC2=C3N=c4ccccc4=C3C(Cc3ccc(F)cc3)C=C2)O1. The Kier molecular flexibility index (Phi) is 4.71. The molecule has 3 unspecified atom stereocenters. The Bertz CT molecular complexity index is 1180. The molecule has 2 aromatic carbocycles. The zero-order chi connectivity index (χ0) is 20.7. The Morgan fingerprint density at radius 3 is 2.73 bits per heavy atom. The van der Waals surface area contributed by atoms with Crippen LogP contribution < -0.4 is 10.6 Å². The normalized spacial score (nSPS) is 24.4. The molecule has 152 valence electrons. The Labute approximate surface area is 172 Å². The summed E-state index contributed by atoms with van der Waals surface area (Å²) in [4.78, 5) is 15.9. The van der Waals surface area contributed by atoms with E-state index in [1.165, 1.54) is 12.1 Å². The predicted octanol–water partition coefficient (Wildman–Crippen LogP) is 2.86. The zero-order valence-corrected chi connectivity index (χ0v) is 16.1. The van der Waals surface area contributed by atoms with Crippen LogP contribution in [0.1, 0.15) is 18.4 Å². The maximum atomic E-state index is 13.3. The molecule has 30 heavy (non-hydrogen) atoms. The van der Waals surface area contributed by atoms with Gasteiger partial charge in [0.05, 0.1) is 5.36 Å². The van der Waals surface area contributed by atoms with Crippen LogP contribution in [-0.2, 0) is 20.7 Å². The number of allylic oxidation sites excluding steroid dienone is 3. The molecule has 1 fully saturated rings. The van der Waals surface area contributed by atoms with Crippen LogP contribution in [0.2, 0.25) is 0 Å². The average Bonchev–Trinajstić information content (AvgIpc) is 3.36. The Morgan fingerprint density at radius 1 is 1.17 bits per heavy atom. The average molecular weight is 405 g/mol. The van der Waals surface area contributed by atoms with Crippen LogP contribution in [0.3, 0.4) is 0 Å². The fourth-order valence-electron chi connectivity index (χ4n) is 4.21. The summed E-state index contributed by atoms with van der Waals surface area (Å²) >= 11 is 0. The van der Waals surface area contributed by atoms with E-state index in [4.69, 9.17) is 19.6 Å². The molecule has 5 nitrogen and oxygen atoms in total. The van der Waals surface area contributed by atoms with Crippen molar-refractivity contribution >= 4 is 11.5 Å². The molecule has 2 heterocycles. The van der Waals surface area contributed by atoms with Gasteiger partial charge in [-0.05, 0) is 48.3 Å². The summed E-state index contributed by atoms with van der Waals surface area (Å²) in [7, 11) is 0. The van der Waals surface area contributed by atoms with E-state index in [1.807, 2.05) is 30.3 Å². The predicted molar refractivity (Wildman–Crippen MR) is 107 cm³/mol. The molecule has 1 saturated heterocycles. The summed E-state index contributed by atoms with van der Waals surface area (Å²) < 4.78 is 24.8. The number of hydrogen-bond acceptors (Lipinski definition) is 4. The first-order valence-electron chi connectivity index (χ1n) is 9.98. The highest BCUT2D eigenvalue weighted by molar-refractivity contribution is 5.73. The Hall–Kier alpha value is -3.25. The minimum atomic E-state index is -0.970. The van der Waals surface area contributed by atoms with E-state index >= 15 is 0 Å². The van der Waals surface area contributed by atoms with Gasteiger partial charge in [0.1, 0.15) is 17.3 Å². The molecule has 3 atom stereocenters. The molecule has 0 spiro atoms. The van der Waals surface area contributed by atoms with E-state index in [2.05, 4.69) is 6.08 Å².